The first-order valence-electron chi connectivity index (χ1n) is 10.9. The summed E-state index contributed by atoms with van der Waals surface area (Å²) < 4.78 is 5.82. The molecule has 33 heavy (non-hydrogen) atoms. The van der Waals surface area contributed by atoms with Gasteiger partial charge in [0.2, 0.25) is 5.91 Å². The number of fused-ring (bicyclic) bond motifs is 1. The molecule has 2 aromatic heterocycles. The number of aryl methyl sites for hydroxylation is 2. The van der Waals surface area contributed by atoms with Gasteiger partial charge in [-0.1, -0.05) is 42.0 Å². The largest absolute Gasteiger partial charge is 0.491 e. The lowest BCUT2D eigenvalue weighted by Gasteiger charge is -2.18. The first-order valence-corrected chi connectivity index (χ1v) is 11.8. The number of thiophene rings is 1. The van der Waals surface area contributed by atoms with Gasteiger partial charge in [0, 0.05) is 23.5 Å². The maximum Gasteiger partial charge on any atom is 0.262 e. The van der Waals surface area contributed by atoms with Crippen molar-refractivity contribution >= 4 is 34.1 Å². The van der Waals surface area contributed by atoms with E-state index >= 15 is 0 Å². The van der Waals surface area contributed by atoms with Gasteiger partial charge in [0.05, 0.1) is 11.4 Å². The van der Waals surface area contributed by atoms with Gasteiger partial charge in [-0.25, -0.2) is 0 Å². The molecule has 0 saturated heterocycles. The van der Waals surface area contributed by atoms with E-state index in [0.29, 0.717) is 24.4 Å². The van der Waals surface area contributed by atoms with Crippen molar-refractivity contribution in [2.75, 3.05) is 13.2 Å². The van der Waals surface area contributed by atoms with Gasteiger partial charge in [-0.2, -0.15) is 0 Å². The number of ether oxygens (including phenoxy) is 1. The summed E-state index contributed by atoms with van der Waals surface area (Å²) in [7, 11) is 0. The second-order valence-electron chi connectivity index (χ2n) is 7.98. The summed E-state index contributed by atoms with van der Waals surface area (Å²) in [5.41, 5.74) is 4.21. The predicted molar refractivity (Wildman–Crippen MR) is 132 cm³/mol. The summed E-state index contributed by atoms with van der Waals surface area (Å²) in [6.45, 7) is 4.72. The Bertz CT molecular complexity index is 1250. The number of carbonyl (C=O) groups excluding carboxylic acids is 2. The van der Waals surface area contributed by atoms with Crippen LogP contribution in [0, 0.1) is 13.8 Å². The lowest BCUT2D eigenvalue weighted by molar-refractivity contribution is -0.123. The Balaban J connectivity index is 1.41. The van der Waals surface area contributed by atoms with Crippen LogP contribution in [0.4, 0.5) is 0 Å². The average molecular weight is 462 g/mol. The van der Waals surface area contributed by atoms with Gasteiger partial charge in [0.15, 0.2) is 0 Å². The summed E-state index contributed by atoms with van der Waals surface area (Å²) in [5, 5.41) is 8.69. The molecule has 2 aromatic carbocycles. The highest BCUT2D eigenvalue weighted by molar-refractivity contribution is 7.12. The van der Waals surface area contributed by atoms with Crippen molar-refractivity contribution in [3.05, 3.63) is 87.7 Å². The maximum absolute atomic E-state index is 13.0. The van der Waals surface area contributed by atoms with Crippen LogP contribution in [0.25, 0.3) is 10.9 Å². The van der Waals surface area contributed by atoms with Crippen molar-refractivity contribution in [1.29, 1.82) is 0 Å². The van der Waals surface area contributed by atoms with Gasteiger partial charge >= 0.3 is 0 Å². The number of nitrogens with one attached hydrogen (secondary N) is 3. The average Bonchev–Trinajstić information content (AvgIpc) is 3.48. The number of para-hydroxylation sites is 1. The van der Waals surface area contributed by atoms with Crippen molar-refractivity contribution in [3.8, 4) is 5.75 Å². The summed E-state index contributed by atoms with van der Waals surface area (Å²) in [4.78, 5) is 29.5. The zero-order chi connectivity index (χ0) is 23.2. The first kappa shape index (κ1) is 22.6. The van der Waals surface area contributed by atoms with E-state index in [-0.39, 0.29) is 11.8 Å². The SMILES string of the molecule is Cc1ccc(OCCNC(=O)[C@H](Cc2c[nH]c3ccccc23)NC(=O)c2cccs2)c(C)c1. The van der Waals surface area contributed by atoms with E-state index in [4.69, 9.17) is 4.74 Å². The van der Waals surface area contributed by atoms with Gasteiger partial charge in [0.25, 0.3) is 5.91 Å². The molecular formula is C26H27N3O3S. The minimum Gasteiger partial charge on any atom is -0.491 e. The number of hydrogen-bond acceptors (Lipinski definition) is 4. The van der Waals surface area contributed by atoms with E-state index in [0.717, 1.165) is 27.8 Å². The van der Waals surface area contributed by atoms with E-state index in [9.17, 15) is 9.59 Å². The molecule has 6 nitrogen and oxygen atoms in total. The monoisotopic (exact) mass is 461 g/mol. The lowest BCUT2D eigenvalue weighted by atomic mass is 10.0. The van der Waals surface area contributed by atoms with E-state index in [1.54, 1.807) is 6.07 Å². The lowest BCUT2D eigenvalue weighted by Crippen LogP contribution is -2.48. The van der Waals surface area contributed by atoms with E-state index in [2.05, 4.69) is 21.7 Å². The number of carbonyl (C=O) groups is 2. The third kappa shape index (κ3) is 5.62. The summed E-state index contributed by atoms with van der Waals surface area (Å²) >= 11 is 1.35. The van der Waals surface area contributed by atoms with Crippen molar-refractivity contribution in [3.63, 3.8) is 0 Å². The summed E-state index contributed by atoms with van der Waals surface area (Å²) in [5.74, 6) is 0.308. The molecule has 0 bridgehead atoms. The fourth-order valence-electron chi connectivity index (χ4n) is 3.79. The maximum atomic E-state index is 13.0. The highest BCUT2D eigenvalue weighted by Crippen LogP contribution is 2.20. The second-order valence-corrected chi connectivity index (χ2v) is 8.92. The van der Waals surface area contributed by atoms with Gasteiger partial charge in [-0.15, -0.1) is 11.3 Å². The van der Waals surface area contributed by atoms with E-state index < -0.39 is 6.04 Å². The van der Waals surface area contributed by atoms with Crippen molar-refractivity contribution in [2.45, 2.75) is 26.3 Å². The standard InChI is InChI=1S/C26H27N3O3S/c1-17-9-10-23(18(2)14-17)32-12-11-27-25(30)22(29-26(31)24-8-5-13-33-24)15-19-16-28-21-7-4-3-6-20(19)21/h3-10,13-14,16,22,28H,11-12,15H2,1-2H3,(H,27,30)(H,29,31)/t22-/m0/s1. The Morgan fingerprint density at radius 2 is 1.94 bits per heavy atom. The molecule has 3 N–H and O–H groups in total. The zero-order valence-electron chi connectivity index (χ0n) is 18.7. The number of aromatic nitrogens is 1. The molecule has 0 aliphatic carbocycles. The smallest absolute Gasteiger partial charge is 0.262 e. The van der Waals surface area contributed by atoms with Crippen molar-refractivity contribution in [2.24, 2.45) is 0 Å². The Hall–Kier alpha value is -3.58. The fraction of sp³-hybridized carbons (Fsp3) is 0.231. The molecule has 0 saturated carbocycles. The number of rotatable bonds is 9. The third-order valence-corrected chi connectivity index (χ3v) is 6.32. The van der Waals surface area contributed by atoms with Gasteiger partial charge in [-0.3, -0.25) is 9.59 Å². The fourth-order valence-corrected chi connectivity index (χ4v) is 4.41. The summed E-state index contributed by atoms with van der Waals surface area (Å²) in [6.07, 6.45) is 2.27. The van der Waals surface area contributed by atoms with Crippen molar-refractivity contribution in [1.82, 2.24) is 15.6 Å². The summed E-state index contributed by atoms with van der Waals surface area (Å²) in [6, 6.07) is 16.8. The van der Waals surface area contributed by atoms with Gasteiger partial charge in [-0.05, 0) is 48.6 Å². The van der Waals surface area contributed by atoms with Crippen LogP contribution in [0.3, 0.4) is 0 Å². The number of hydrogen-bond donors (Lipinski definition) is 3. The van der Waals surface area contributed by atoms with Gasteiger partial charge in [0.1, 0.15) is 18.4 Å². The molecule has 0 aliphatic heterocycles. The highest BCUT2D eigenvalue weighted by Gasteiger charge is 2.23. The highest BCUT2D eigenvalue weighted by atomic mass is 32.1. The third-order valence-electron chi connectivity index (χ3n) is 5.46. The molecule has 0 aliphatic rings. The molecule has 4 aromatic rings. The molecule has 0 unspecified atom stereocenters. The topological polar surface area (TPSA) is 83.2 Å². The molecule has 0 spiro atoms. The Kier molecular flexibility index (Phi) is 7.10. The molecule has 0 radical (unpaired) electrons. The van der Waals surface area contributed by atoms with E-state index in [1.807, 2.05) is 67.9 Å². The van der Waals surface area contributed by atoms with Gasteiger partial charge < -0.3 is 20.4 Å². The van der Waals surface area contributed by atoms with Crippen LogP contribution >= 0.6 is 11.3 Å². The minimum absolute atomic E-state index is 0.241. The number of amides is 2. The van der Waals surface area contributed by atoms with Crippen LogP contribution < -0.4 is 15.4 Å². The quantitative estimate of drug-likeness (QED) is 0.324. The molecule has 4 rings (SSSR count). The number of aromatic amines is 1. The van der Waals surface area contributed by atoms with Crippen LogP contribution in [0.1, 0.15) is 26.4 Å². The zero-order valence-corrected chi connectivity index (χ0v) is 19.5. The van der Waals surface area contributed by atoms with Crippen LogP contribution in [-0.4, -0.2) is 36.0 Å². The Morgan fingerprint density at radius 3 is 2.73 bits per heavy atom. The Morgan fingerprint density at radius 1 is 1.09 bits per heavy atom. The van der Waals surface area contributed by atoms with Crippen LogP contribution in [0.5, 0.6) is 5.75 Å². The predicted octanol–water partition coefficient (Wildman–Crippen LogP) is 4.38. The minimum atomic E-state index is -0.708. The van der Waals surface area contributed by atoms with Crippen LogP contribution in [0.15, 0.2) is 66.2 Å². The second kappa shape index (κ2) is 10.4. The van der Waals surface area contributed by atoms with Crippen LogP contribution in [0.2, 0.25) is 0 Å². The number of benzene rings is 2. The molecule has 7 heteroatoms. The normalized spacial score (nSPS) is 11.8. The molecule has 2 heterocycles. The molecule has 170 valence electrons. The molecular weight excluding hydrogens is 434 g/mol. The van der Waals surface area contributed by atoms with Crippen molar-refractivity contribution < 1.29 is 14.3 Å². The Labute approximate surface area is 197 Å². The molecule has 2 amide bonds. The molecule has 1 atom stereocenters. The molecule has 0 fully saturated rings. The number of H-pyrrole nitrogens is 1. The first-order chi connectivity index (χ1) is 16.0. The van der Waals surface area contributed by atoms with E-state index in [1.165, 1.54) is 16.9 Å². The van der Waals surface area contributed by atoms with Crippen LogP contribution in [-0.2, 0) is 11.2 Å².